The number of thiocarbonyl (C=S) groups is 1. The molecule has 0 radical (unpaired) electrons. The molecule has 0 rings (SSSR count). The van der Waals surface area contributed by atoms with Crippen molar-refractivity contribution in [2.75, 3.05) is 33.4 Å². The first kappa shape index (κ1) is 13.1. The molecule has 0 unspecified atom stereocenters. The molecule has 5 heteroatoms. The van der Waals surface area contributed by atoms with Crippen molar-refractivity contribution in [2.45, 2.75) is 13.3 Å². The van der Waals surface area contributed by atoms with Crippen LogP contribution in [0.3, 0.4) is 0 Å². The van der Waals surface area contributed by atoms with Crippen LogP contribution in [-0.4, -0.2) is 43.4 Å². The molecule has 80 valence electrons. The molecule has 0 aromatic heterocycles. The van der Waals surface area contributed by atoms with E-state index in [4.69, 9.17) is 22.2 Å². The van der Waals surface area contributed by atoms with Crippen molar-refractivity contribution in [2.24, 2.45) is 0 Å². The van der Waals surface area contributed by atoms with Gasteiger partial charge in [0.2, 0.25) is 0 Å². The topological polar surface area (TPSA) is 48.3 Å². The van der Waals surface area contributed by atoms with Crippen molar-refractivity contribution in [1.82, 2.24) is 10.2 Å². The fraction of sp³-hybridized carbons (Fsp3) is 0.778. The van der Waals surface area contributed by atoms with Crippen LogP contribution in [0.15, 0.2) is 0 Å². The fourth-order valence-corrected chi connectivity index (χ4v) is 1.29. The molecule has 0 aromatic rings. The molecular weight excluding hydrogens is 198 g/mol. The molecule has 0 saturated carbocycles. The maximum Gasteiger partial charge on any atom is 0.169 e. The number of nitrogens with one attached hydrogen (secondary N) is 1. The van der Waals surface area contributed by atoms with Gasteiger partial charge in [0.15, 0.2) is 5.11 Å². The van der Waals surface area contributed by atoms with Crippen LogP contribution in [0.25, 0.3) is 0 Å². The van der Waals surface area contributed by atoms with E-state index in [9.17, 15) is 0 Å². The quantitative estimate of drug-likeness (QED) is 0.662. The Bertz CT molecular complexity index is 203. The molecule has 0 atom stereocenters. The highest BCUT2D eigenvalue weighted by Gasteiger charge is 2.07. The Morgan fingerprint density at radius 2 is 2.29 bits per heavy atom. The number of hydrogen-bond donors (Lipinski definition) is 1. The van der Waals surface area contributed by atoms with Crippen molar-refractivity contribution in [3.05, 3.63) is 0 Å². The summed E-state index contributed by atoms with van der Waals surface area (Å²) in [6, 6.07) is 2.10. The highest BCUT2D eigenvalue weighted by molar-refractivity contribution is 7.80. The smallest absolute Gasteiger partial charge is 0.169 e. The van der Waals surface area contributed by atoms with Gasteiger partial charge in [-0.2, -0.15) is 5.26 Å². The molecule has 0 bridgehead atoms. The molecule has 4 nitrogen and oxygen atoms in total. The van der Waals surface area contributed by atoms with Crippen molar-refractivity contribution >= 4 is 17.3 Å². The molecule has 0 amide bonds. The zero-order chi connectivity index (χ0) is 10.8. The summed E-state index contributed by atoms with van der Waals surface area (Å²) in [5.41, 5.74) is 0. The lowest BCUT2D eigenvalue weighted by molar-refractivity contribution is 0.176. The Morgan fingerprint density at radius 3 is 2.79 bits per heavy atom. The van der Waals surface area contributed by atoms with Gasteiger partial charge in [0.25, 0.3) is 0 Å². The first-order chi connectivity index (χ1) is 6.76. The van der Waals surface area contributed by atoms with Gasteiger partial charge >= 0.3 is 0 Å². The highest BCUT2D eigenvalue weighted by Crippen LogP contribution is 1.93. The van der Waals surface area contributed by atoms with Gasteiger partial charge in [-0.3, -0.25) is 0 Å². The lowest BCUT2D eigenvalue weighted by Crippen LogP contribution is -2.41. The average molecular weight is 215 g/mol. The summed E-state index contributed by atoms with van der Waals surface area (Å²) in [6.07, 6.45) is 0.481. The third-order valence-corrected chi connectivity index (χ3v) is 2.08. The molecular formula is C9H17N3OS. The van der Waals surface area contributed by atoms with Gasteiger partial charge in [-0.25, -0.2) is 0 Å². The number of methoxy groups -OCH3 is 1. The van der Waals surface area contributed by atoms with Crippen LogP contribution in [0, 0.1) is 11.3 Å². The zero-order valence-corrected chi connectivity index (χ0v) is 9.56. The number of ether oxygens (including phenoxy) is 1. The van der Waals surface area contributed by atoms with Crippen LogP contribution >= 0.6 is 12.2 Å². The largest absolute Gasteiger partial charge is 0.383 e. The second-order valence-electron chi connectivity index (χ2n) is 2.72. The van der Waals surface area contributed by atoms with Crippen LogP contribution in [0.2, 0.25) is 0 Å². The molecule has 0 aliphatic heterocycles. The Labute approximate surface area is 90.8 Å². The molecule has 1 N–H and O–H groups in total. The van der Waals surface area contributed by atoms with E-state index in [-0.39, 0.29) is 0 Å². The molecule has 0 spiro atoms. The van der Waals surface area contributed by atoms with Gasteiger partial charge in [0, 0.05) is 26.7 Å². The van der Waals surface area contributed by atoms with Crippen LogP contribution < -0.4 is 5.32 Å². The fourth-order valence-electron chi connectivity index (χ4n) is 0.964. The third kappa shape index (κ3) is 5.73. The first-order valence-corrected chi connectivity index (χ1v) is 5.05. The van der Waals surface area contributed by atoms with Gasteiger partial charge in [-0.1, -0.05) is 0 Å². The summed E-state index contributed by atoms with van der Waals surface area (Å²) in [5, 5.41) is 12.2. The minimum absolute atomic E-state index is 0.481. The van der Waals surface area contributed by atoms with Gasteiger partial charge in [0.05, 0.1) is 19.1 Å². The second-order valence-corrected chi connectivity index (χ2v) is 3.11. The molecule has 0 heterocycles. The lowest BCUT2D eigenvalue weighted by Gasteiger charge is -2.24. The van der Waals surface area contributed by atoms with Gasteiger partial charge < -0.3 is 15.0 Å². The van der Waals surface area contributed by atoms with Crippen LogP contribution in [0.5, 0.6) is 0 Å². The third-order valence-electron chi connectivity index (χ3n) is 1.67. The van der Waals surface area contributed by atoms with E-state index in [0.717, 1.165) is 13.1 Å². The first-order valence-electron chi connectivity index (χ1n) is 4.64. The summed E-state index contributed by atoms with van der Waals surface area (Å²) in [4.78, 5) is 1.95. The molecule has 0 fully saturated rings. The SMILES string of the molecule is CCNC(=S)N(CCC#N)CCOC. The molecule has 0 saturated heterocycles. The van der Waals surface area contributed by atoms with E-state index in [2.05, 4.69) is 11.4 Å². The predicted octanol–water partition coefficient (Wildman–Crippen LogP) is 0.743. The molecule has 0 aliphatic carbocycles. The van der Waals surface area contributed by atoms with Gasteiger partial charge in [0.1, 0.15) is 0 Å². The van der Waals surface area contributed by atoms with E-state index in [0.29, 0.717) is 24.7 Å². The molecule has 0 aliphatic rings. The van der Waals surface area contributed by atoms with Crippen molar-refractivity contribution in [3.63, 3.8) is 0 Å². The average Bonchev–Trinajstić information content (AvgIpc) is 2.18. The Hall–Kier alpha value is -0.860. The summed E-state index contributed by atoms with van der Waals surface area (Å²) < 4.78 is 4.97. The highest BCUT2D eigenvalue weighted by atomic mass is 32.1. The van der Waals surface area contributed by atoms with Crippen LogP contribution in [-0.2, 0) is 4.74 Å². The normalized spacial score (nSPS) is 9.21. The Kier molecular flexibility index (Phi) is 8.19. The number of hydrogen-bond acceptors (Lipinski definition) is 3. The number of rotatable bonds is 6. The summed E-state index contributed by atoms with van der Waals surface area (Å²) in [6.45, 7) is 4.80. The second kappa shape index (κ2) is 8.73. The van der Waals surface area contributed by atoms with Crippen LogP contribution in [0.1, 0.15) is 13.3 Å². The number of nitriles is 1. The number of nitrogens with zero attached hydrogens (tertiary/aromatic N) is 2. The van der Waals surface area contributed by atoms with Crippen molar-refractivity contribution < 1.29 is 4.74 Å². The van der Waals surface area contributed by atoms with Gasteiger partial charge in [-0.05, 0) is 19.1 Å². The maximum atomic E-state index is 8.48. The minimum atomic E-state index is 0.481. The van der Waals surface area contributed by atoms with E-state index >= 15 is 0 Å². The summed E-state index contributed by atoms with van der Waals surface area (Å²) >= 11 is 5.15. The summed E-state index contributed by atoms with van der Waals surface area (Å²) in [5.74, 6) is 0. The maximum absolute atomic E-state index is 8.48. The molecule has 14 heavy (non-hydrogen) atoms. The molecule has 0 aromatic carbocycles. The predicted molar refractivity (Wildman–Crippen MR) is 60.0 cm³/mol. The zero-order valence-electron chi connectivity index (χ0n) is 8.75. The van der Waals surface area contributed by atoms with Gasteiger partial charge in [-0.15, -0.1) is 0 Å². The van der Waals surface area contributed by atoms with E-state index in [1.807, 2.05) is 11.8 Å². The Morgan fingerprint density at radius 1 is 1.57 bits per heavy atom. The van der Waals surface area contributed by atoms with E-state index < -0.39 is 0 Å². The summed E-state index contributed by atoms with van der Waals surface area (Å²) in [7, 11) is 1.65. The van der Waals surface area contributed by atoms with E-state index in [1.54, 1.807) is 7.11 Å². The van der Waals surface area contributed by atoms with Crippen LogP contribution in [0.4, 0.5) is 0 Å². The van der Waals surface area contributed by atoms with Crippen molar-refractivity contribution in [1.29, 1.82) is 5.26 Å². The lowest BCUT2D eigenvalue weighted by atomic mass is 10.4. The van der Waals surface area contributed by atoms with Crippen molar-refractivity contribution in [3.8, 4) is 6.07 Å². The Balaban J connectivity index is 3.95. The van der Waals surface area contributed by atoms with E-state index in [1.165, 1.54) is 0 Å². The monoisotopic (exact) mass is 215 g/mol. The minimum Gasteiger partial charge on any atom is -0.383 e. The standard InChI is InChI=1S/C9H17N3OS/c1-3-11-9(14)12(6-4-5-10)7-8-13-2/h3-4,6-8H2,1-2H3,(H,11,14).